The van der Waals surface area contributed by atoms with Crippen LogP contribution in [-0.2, 0) is 0 Å². The lowest BCUT2D eigenvalue weighted by Gasteiger charge is -2.20. The molecule has 17 heavy (non-hydrogen) atoms. The van der Waals surface area contributed by atoms with Crippen molar-refractivity contribution in [3.8, 4) is 0 Å². The highest BCUT2D eigenvalue weighted by molar-refractivity contribution is 7.17. The maximum atomic E-state index is 11.4. The molecule has 1 heterocycles. The molecule has 1 fully saturated rings. The number of anilines is 1. The molecule has 0 bridgehead atoms. The molecule has 0 atom stereocenters. The number of carbonyl (C=O) groups is 1. The molecule has 1 saturated carbocycles. The van der Waals surface area contributed by atoms with E-state index in [9.17, 15) is 4.79 Å². The van der Waals surface area contributed by atoms with E-state index in [1.54, 1.807) is 18.3 Å². The summed E-state index contributed by atoms with van der Waals surface area (Å²) in [6.07, 6.45) is 3.83. The minimum Gasteiger partial charge on any atom is -0.348 e. The van der Waals surface area contributed by atoms with E-state index in [0.717, 1.165) is 41.1 Å². The van der Waals surface area contributed by atoms with Crippen LogP contribution in [0, 0.1) is 12.8 Å². The highest BCUT2D eigenvalue weighted by atomic mass is 32.1. The molecule has 2 rings (SSSR count). The zero-order valence-corrected chi connectivity index (χ0v) is 11.6. The zero-order valence-electron chi connectivity index (χ0n) is 10.8. The Bertz CT molecular complexity index is 410. The lowest BCUT2D eigenvalue weighted by molar-refractivity contribution is 0.102. The summed E-state index contributed by atoms with van der Waals surface area (Å²) >= 11 is 1.55. The molecule has 0 saturated heterocycles. The summed E-state index contributed by atoms with van der Waals surface area (Å²) < 4.78 is 0. The molecular formula is C13H20N2OS. The monoisotopic (exact) mass is 252 g/mol. The van der Waals surface area contributed by atoms with Gasteiger partial charge >= 0.3 is 0 Å². The van der Waals surface area contributed by atoms with E-state index in [2.05, 4.69) is 16.8 Å². The third-order valence-corrected chi connectivity index (χ3v) is 4.36. The quantitative estimate of drug-likeness (QED) is 0.728. The van der Waals surface area contributed by atoms with Crippen molar-refractivity contribution in [1.82, 2.24) is 4.98 Å². The van der Waals surface area contributed by atoms with Gasteiger partial charge in [0.05, 0.1) is 10.6 Å². The van der Waals surface area contributed by atoms with Gasteiger partial charge in [0.15, 0.2) is 10.9 Å². The first-order chi connectivity index (χ1) is 8.11. The van der Waals surface area contributed by atoms with Crippen LogP contribution in [0.15, 0.2) is 0 Å². The Morgan fingerprint density at radius 1 is 1.53 bits per heavy atom. The molecule has 0 spiro atoms. The Kier molecular flexibility index (Phi) is 3.82. The number of hydrogen-bond donors (Lipinski definition) is 0. The summed E-state index contributed by atoms with van der Waals surface area (Å²) in [6, 6.07) is 0. The summed E-state index contributed by atoms with van der Waals surface area (Å²) in [4.78, 5) is 19.2. The Labute approximate surface area is 107 Å². The van der Waals surface area contributed by atoms with E-state index in [0.29, 0.717) is 0 Å². The molecule has 1 aromatic heterocycles. The van der Waals surface area contributed by atoms with Crippen LogP contribution < -0.4 is 4.90 Å². The molecule has 0 amide bonds. The fourth-order valence-corrected chi connectivity index (χ4v) is 2.99. The van der Waals surface area contributed by atoms with E-state index in [-0.39, 0.29) is 5.78 Å². The van der Waals surface area contributed by atoms with Gasteiger partial charge in [0.1, 0.15) is 0 Å². The lowest BCUT2D eigenvalue weighted by Crippen LogP contribution is -2.26. The summed E-state index contributed by atoms with van der Waals surface area (Å²) in [6.45, 7) is 7.89. The van der Waals surface area contributed by atoms with Gasteiger partial charge < -0.3 is 4.90 Å². The van der Waals surface area contributed by atoms with E-state index < -0.39 is 0 Å². The van der Waals surface area contributed by atoms with Crippen LogP contribution in [0.4, 0.5) is 5.13 Å². The fraction of sp³-hybridized carbons (Fsp3) is 0.692. The van der Waals surface area contributed by atoms with E-state index in [4.69, 9.17) is 0 Å². The second-order valence-corrected chi connectivity index (χ2v) is 5.83. The minimum atomic E-state index is 0.133. The predicted molar refractivity (Wildman–Crippen MR) is 72.1 cm³/mol. The lowest BCUT2D eigenvalue weighted by atomic mass is 10.3. The van der Waals surface area contributed by atoms with Crippen LogP contribution in [0.5, 0.6) is 0 Å². The number of aryl methyl sites for hydroxylation is 1. The van der Waals surface area contributed by atoms with Gasteiger partial charge in [-0.1, -0.05) is 18.3 Å². The van der Waals surface area contributed by atoms with Crippen molar-refractivity contribution in [3.05, 3.63) is 10.6 Å². The maximum Gasteiger partial charge on any atom is 0.186 e. The van der Waals surface area contributed by atoms with E-state index in [1.165, 1.54) is 12.8 Å². The number of rotatable bonds is 6. The van der Waals surface area contributed by atoms with Gasteiger partial charge in [0.25, 0.3) is 0 Å². The van der Waals surface area contributed by atoms with Gasteiger partial charge in [0, 0.05) is 20.0 Å². The summed E-state index contributed by atoms with van der Waals surface area (Å²) in [5.74, 6) is 0.987. The molecule has 0 radical (unpaired) electrons. The van der Waals surface area contributed by atoms with Crippen molar-refractivity contribution >= 4 is 22.3 Å². The average molecular weight is 252 g/mol. The first-order valence-corrected chi connectivity index (χ1v) is 7.16. The normalized spacial score (nSPS) is 15.0. The maximum absolute atomic E-state index is 11.4. The molecule has 3 nitrogen and oxygen atoms in total. The number of ketones is 1. The molecule has 1 aromatic rings. The minimum absolute atomic E-state index is 0.133. The van der Waals surface area contributed by atoms with Crippen LogP contribution in [0.3, 0.4) is 0 Å². The van der Waals surface area contributed by atoms with Gasteiger partial charge in [0.2, 0.25) is 0 Å². The molecule has 1 aliphatic carbocycles. The second-order valence-electron chi connectivity index (χ2n) is 4.86. The largest absolute Gasteiger partial charge is 0.348 e. The van der Waals surface area contributed by atoms with Crippen LogP contribution in [-0.4, -0.2) is 23.9 Å². The number of Topliss-reactive ketones (excluding diaryl/α,β-unsaturated/α-hetero) is 1. The van der Waals surface area contributed by atoms with Gasteiger partial charge in [-0.2, -0.15) is 0 Å². The molecule has 1 aliphatic rings. The van der Waals surface area contributed by atoms with Crippen LogP contribution in [0.1, 0.15) is 48.5 Å². The Morgan fingerprint density at radius 2 is 2.24 bits per heavy atom. The molecule has 94 valence electrons. The number of thiazole rings is 1. The molecule has 4 heteroatoms. The summed E-state index contributed by atoms with van der Waals surface area (Å²) in [5.41, 5.74) is 0.884. The SMILES string of the molecule is CCCN(CC1CC1)c1nc(C)c(C(C)=O)s1. The van der Waals surface area contributed by atoms with Crippen molar-refractivity contribution in [2.75, 3.05) is 18.0 Å². The average Bonchev–Trinajstić information content (AvgIpc) is 2.99. The predicted octanol–water partition coefficient (Wildman–Crippen LogP) is 3.28. The summed E-state index contributed by atoms with van der Waals surface area (Å²) in [7, 11) is 0. The third kappa shape index (κ3) is 3.06. The van der Waals surface area contributed by atoms with Crippen molar-refractivity contribution in [1.29, 1.82) is 0 Å². The highest BCUT2D eigenvalue weighted by Crippen LogP contribution is 2.33. The van der Waals surface area contributed by atoms with Gasteiger partial charge in [-0.25, -0.2) is 4.98 Å². The Balaban J connectivity index is 2.16. The molecule has 0 aromatic carbocycles. The number of aromatic nitrogens is 1. The first-order valence-electron chi connectivity index (χ1n) is 6.35. The molecule has 0 unspecified atom stereocenters. The van der Waals surface area contributed by atoms with Gasteiger partial charge in [-0.05, 0) is 32.1 Å². The zero-order chi connectivity index (χ0) is 12.4. The standard InChI is InChI=1S/C13H20N2OS/c1-4-7-15(8-11-5-6-11)13-14-9(2)12(17-13)10(3)16/h11H,4-8H2,1-3H3. The topological polar surface area (TPSA) is 33.2 Å². The van der Waals surface area contributed by atoms with Crippen molar-refractivity contribution in [3.63, 3.8) is 0 Å². The van der Waals surface area contributed by atoms with E-state index >= 15 is 0 Å². The Hall–Kier alpha value is -0.900. The van der Waals surface area contributed by atoms with Gasteiger partial charge in [-0.3, -0.25) is 4.79 Å². The molecular weight excluding hydrogens is 232 g/mol. The van der Waals surface area contributed by atoms with Crippen LogP contribution >= 0.6 is 11.3 Å². The smallest absolute Gasteiger partial charge is 0.186 e. The van der Waals surface area contributed by atoms with Crippen LogP contribution in [0.2, 0.25) is 0 Å². The van der Waals surface area contributed by atoms with Gasteiger partial charge in [-0.15, -0.1) is 0 Å². The van der Waals surface area contributed by atoms with Crippen molar-refractivity contribution < 1.29 is 4.79 Å². The number of carbonyl (C=O) groups excluding carboxylic acids is 1. The summed E-state index contributed by atoms with van der Waals surface area (Å²) in [5, 5.41) is 1.03. The van der Waals surface area contributed by atoms with E-state index in [1.807, 2.05) is 6.92 Å². The number of nitrogens with zero attached hydrogens (tertiary/aromatic N) is 2. The van der Waals surface area contributed by atoms with Crippen molar-refractivity contribution in [2.45, 2.75) is 40.0 Å². The van der Waals surface area contributed by atoms with Crippen molar-refractivity contribution in [2.24, 2.45) is 5.92 Å². The Morgan fingerprint density at radius 3 is 2.71 bits per heavy atom. The van der Waals surface area contributed by atoms with Crippen LogP contribution in [0.25, 0.3) is 0 Å². The first kappa shape index (κ1) is 12.6. The second kappa shape index (κ2) is 5.17. The molecule has 0 N–H and O–H groups in total. The fourth-order valence-electron chi connectivity index (χ4n) is 1.99. The highest BCUT2D eigenvalue weighted by Gasteiger charge is 2.26. The molecule has 0 aliphatic heterocycles. The third-order valence-electron chi connectivity index (χ3n) is 3.04. The number of hydrogen-bond acceptors (Lipinski definition) is 4.